The molecule has 0 unspecified atom stereocenters. The summed E-state index contributed by atoms with van der Waals surface area (Å²) in [6.07, 6.45) is 1.53. The van der Waals surface area contributed by atoms with Crippen LogP contribution in [-0.4, -0.2) is 57.3 Å². The van der Waals surface area contributed by atoms with Crippen molar-refractivity contribution in [1.82, 2.24) is 10.2 Å². The zero-order chi connectivity index (χ0) is 18.5. The maximum absolute atomic E-state index is 11.7. The lowest BCUT2D eigenvalue weighted by molar-refractivity contribution is -0.146. The molecule has 1 N–H and O–H groups in total. The van der Waals surface area contributed by atoms with Gasteiger partial charge in [-0.3, -0.25) is 9.79 Å². The van der Waals surface area contributed by atoms with Crippen LogP contribution in [0.25, 0.3) is 0 Å². The van der Waals surface area contributed by atoms with E-state index in [4.69, 9.17) is 25.8 Å². The van der Waals surface area contributed by atoms with E-state index in [0.29, 0.717) is 36.3 Å². The van der Waals surface area contributed by atoms with Crippen molar-refractivity contribution in [3.8, 4) is 11.5 Å². The average Bonchev–Trinajstić information content (AvgIpc) is 2.68. The second-order valence-electron chi connectivity index (χ2n) is 6.29. The van der Waals surface area contributed by atoms with E-state index in [1.165, 1.54) is 7.11 Å². The Bertz CT molecular complexity index is 687. The van der Waals surface area contributed by atoms with Gasteiger partial charge in [-0.15, -0.1) is 0 Å². The highest BCUT2D eigenvalue weighted by atomic mass is 35.5. The van der Waals surface area contributed by atoms with Crippen molar-refractivity contribution in [2.45, 2.75) is 19.4 Å². The van der Waals surface area contributed by atoms with E-state index >= 15 is 0 Å². The fraction of sp³-hybridized carbons (Fsp3) is 0.556. The van der Waals surface area contributed by atoms with Gasteiger partial charge in [-0.25, -0.2) is 0 Å². The Labute approximate surface area is 158 Å². The molecule has 2 aliphatic heterocycles. The Morgan fingerprint density at radius 2 is 2.08 bits per heavy atom. The molecule has 26 heavy (non-hydrogen) atoms. The standard InChI is InChI=1S/C18H24ClN3O4/c1-20-18(22-5-3-13(4-6-22)17(23)24-2)21-11-12-9-14(19)16-15(10-12)25-7-8-26-16/h9-10,13H,3-8,11H2,1-2H3,(H,20,21). The summed E-state index contributed by atoms with van der Waals surface area (Å²) in [5.41, 5.74) is 0.991. The molecule has 3 rings (SSSR count). The molecule has 8 heteroatoms. The molecule has 7 nitrogen and oxygen atoms in total. The number of carbonyl (C=O) groups excluding carboxylic acids is 1. The Morgan fingerprint density at radius 3 is 2.77 bits per heavy atom. The minimum Gasteiger partial charge on any atom is -0.486 e. The summed E-state index contributed by atoms with van der Waals surface area (Å²) in [5, 5.41) is 3.90. The van der Waals surface area contributed by atoms with Crippen LogP contribution in [0.4, 0.5) is 0 Å². The number of guanidine groups is 1. The molecule has 0 bridgehead atoms. The molecule has 0 aromatic heterocycles. The maximum atomic E-state index is 11.7. The number of fused-ring (bicyclic) bond motifs is 1. The Hall–Kier alpha value is -2.15. The third kappa shape index (κ3) is 4.15. The lowest BCUT2D eigenvalue weighted by Gasteiger charge is -2.33. The third-order valence-electron chi connectivity index (χ3n) is 4.65. The molecule has 2 aliphatic rings. The van der Waals surface area contributed by atoms with Gasteiger partial charge >= 0.3 is 5.97 Å². The zero-order valence-corrected chi connectivity index (χ0v) is 15.8. The van der Waals surface area contributed by atoms with Crippen molar-refractivity contribution in [2.75, 3.05) is 40.5 Å². The molecule has 1 aromatic rings. The number of ether oxygens (including phenoxy) is 3. The summed E-state index contributed by atoms with van der Waals surface area (Å²) >= 11 is 6.29. The number of hydrogen-bond acceptors (Lipinski definition) is 5. The van der Waals surface area contributed by atoms with Gasteiger partial charge in [0.1, 0.15) is 13.2 Å². The quantitative estimate of drug-likeness (QED) is 0.491. The fourth-order valence-corrected chi connectivity index (χ4v) is 3.56. The molecule has 1 fully saturated rings. The minimum atomic E-state index is -0.126. The molecule has 142 valence electrons. The molecular weight excluding hydrogens is 358 g/mol. The van der Waals surface area contributed by atoms with Gasteiger partial charge in [-0.2, -0.15) is 0 Å². The smallest absolute Gasteiger partial charge is 0.308 e. The van der Waals surface area contributed by atoms with Crippen molar-refractivity contribution in [2.24, 2.45) is 10.9 Å². The average molecular weight is 382 g/mol. The van der Waals surface area contributed by atoms with Gasteiger partial charge in [0.15, 0.2) is 17.5 Å². The predicted octanol–water partition coefficient (Wildman–Crippen LogP) is 2.07. The van der Waals surface area contributed by atoms with Crippen LogP contribution in [0.1, 0.15) is 18.4 Å². The lowest BCUT2D eigenvalue weighted by atomic mass is 9.97. The van der Waals surface area contributed by atoms with Gasteiger partial charge in [0, 0.05) is 26.7 Å². The highest BCUT2D eigenvalue weighted by Crippen LogP contribution is 2.38. The van der Waals surface area contributed by atoms with Crippen molar-refractivity contribution < 1.29 is 19.0 Å². The van der Waals surface area contributed by atoms with Crippen LogP contribution in [0.3, 0.4) is 0 Å². The second-order valence-corrected chi connectivity index (χ2v) is 6.69. The van der Waals surface area contributed by atoms with E-state index in [0.717, 1.165) is 37.5 Å². The van der Waals surface area contributed by atoms with Gasteiger partial charge < -0.3 is 24.4 Å². The van der Waals surface area contributed by atoms with E-state index < -0.39 is 0 Å². The summed E-state index contributed by atoms with van der Waals surface area (Å²) in [5.74, 6) is 1.94. The van der Waals surface area contributed by atoms with Gasteiger partial charge in [0.05, 0.1) is 18.1 Å². The number of piperidine rings is 1. The van der Waals surface area contributed by atoms with Gasteiger partial charge in [0.2, 0.25) is 0 Å². The van der Waals surface area contributed by atoms with Crippen LogP contribution in [0.15, 0.2) is 17.1 Å². The summed E-state index contributed by atoms with van der Waals surface area (Å²) < 4.78 is 16.0. The van der Waals surface area contributed by atoms with E-state index in [-0.39, 0.29) is 11.9 Å². The number of esters is 1. The summed E-state index contributed by atoms with van der Waals surface area (Å²) in [6.45, 7) is 3.14. The zero-order valence-electron chi connectivity index (χ0n) is 15.1. The van der Waals surface area contributed by atoms with E-state index in [1.54, 1.807) is 7.05 Å². The van der Waals surface area contributed by atoms with Crippen molar-refractivity contribution in [3.05, 3.63) is 22.7 Å². The highest BCUT2D eigenvalue weighted by molar-refractivity contribution is 6.32. The Morgan fingerprint density at radius 1 is 1.35 bits per heavy atom. The molecule has 1 saturated heterocycles. The third-order valence-corrected chi connectivity index (χ3v) is 4.93. The van der Waals surface area contributed by atoms with Crippen molar-refractivity contribution >= 4 is 23.5 Å². The molecule has 0 saturated carbocycles. The van der Waals surface area contributed by atoms with Gasteiger partial charge in [-0.05, 0) is 30.5 Å². The maximum Gasteiger partial charge on any atom is 0.308 e. The van der Waals surface area contributed by atoms with Crippen LogP contribution in [0.2, 0.25) is 5.02 Å². The SMILES string of the molecule is CN=C(NCc1cc(Cl)c2c(c1)OCCO2)N1CCC(C(=O)OC)CC1. The second kappa shape index (κ2) is 8.49. The van der Waals surface area contributed by atoms with Crippen LogP contribution in [0.5, 0.6) is 11.5 Å². The number of nitrogens with zero attached hydrogens (tertiary/aromatic N) is 2. The Balaban J connectivity index is 1.58. The van der Waals surface area contributed by atoms with Crippen LogP contribution in [-0.2, 0) is 16.1 Å². The van der Waals surface area contributed by atoms with E-state index in [2.05, 4.69) is 15.2 Å². The highest BCUT2D eigenvalue weighted by Gasteiger charge is 2.27. The number of rotatable bonds is 3. The van der Waals surface area contributed by atoms with Crippen molar-refractivity contribution in [1.29, 1.82) is 0 Å². The number of benzene rings is 1. The van der Waals surface area contributed by atoms with Gasteiger partial charge in [-0.1, -0.05) is 11.6 Å². The largest absolute Gasteiger partial charge is 0.486 e. The monoisotopic (exact) mass is 381 g/mol. The number of halogens is 1. The molecule has 0 spiro atoms. The summed E-state index contributed by atoms with van der Waals surface area (Å²) in [7, 11) is 3.19. The first-order chi connectivity index (χ1) is 12.6. The first-order valence-corrected chi connectivity index (χ1v) is 9.11. The topological polar surface area (TPSA) is 72.4 Å². The molecular formula is C18H24ClN3O4. The number of aliphatic imine (C=N–C) groups is 1. The van der Waals surface area contributed by atoms with E-state index in [9.17, 15) is 4.79 Å². The molecule has 0 radical (unpaired) electrons. The Kier molecular flexibility index (Phi) is 6.08. The number of carbonyl (C=O) groups is 1. The number of likely N-dealkylation sites (tertiary alicyclic amines) is 1. The molecule has 0 atom stereocenters. The predicted molar refractivity (Wildman–Crippen MR) is 99.0 cm³/mol. The van der Waals surface area contributed by atoms with Crippen LogP contribution < -0.4 is 14.8 Å². The number of hydrogen-bond donors (Lipinski definition) is 1. The van der Waals surface area contributed by atoms with Crippen LogP contribution in [0, 0.1) is 5.92 Å². The van der Waals surface area contributed by atoms with Gasteiger partial charge in [0.25, 0.3) is 0 Å². The number of methoxy groups -OCH3 is 1. The molecule has 2 heterocycles. The molecule has 0 aliphatic carbocycles. The summed E-state index contributed by atoms with van der Waals surface area (Å²) in [6, 6.07) is 3.81. The normalized spacial score (nSPS) is 17.8. The summed E-state index contributed by atoms with van der Waals surface area (Å²) in [4.78, 5) is 18.2. The molecule has 1 aromatic carbocycles. The minimum absolute atomic E-state index is 0.0223. The lowest BCUT2D eigenvalue weighted by Crippen LogP contribution is -2.46. The molecule has 0 amide bonds. The number of nitrogens with one attached hydrogen (secondary N) is 1. The van der Waals surface area contributed by atoms with Crippen molar-refractivity contribution in [3.63, 3.8) is 0 Å². The van der Waals surface area contributed by atoms with Crippen LogP contribution >= 0.6 is 11.6 Å². The first-order valence-electron chi connectivity index (χ1n) is 8.73. The fourth-order valence-electron chi connectivity index (χ4n) is 3.27. The first kappa shape index (κ1) is 18.6. The van der Waals surface area contributed by atoms with E-state index in [1.807, 2.05) is 12.1 Å².